The molecular weight excluding hydrogens is 504 g/mol. The molecule has 38 heavy (non-hydrogen) atoms. The number of hydrogen-bond acceptors (Lipinski definition) is 7. The topological polar surface area (TPSA) is 135 Å². The first kappa shape index (κ1) is 26.8. The Labute approximate surface area is 216 Å². The minimum atomic E-state index is -2.97. The molecule has 0 saturated carbocycles. The van der Waals surface area contributed by atoms with Gasteiger partial charge in [0.05, 0.1) is 0 Å². The minimum Gasteiger partial charge on any atom is -0.491 e. The molecule has 0 spiro atoms. The highest BCUT2D eigenvalue weighted by Gasteiger charge is 2.58. The minimum absolute atomic E-state index is 0.0752. The van der Waals surface area contributed by atoms with Gasteiger partial charge in [-0.3, -0.25) is 0 Å². The second-order valence-electron chi connectivity index (χ2n) is 8.80. The van der Waals surface area contributed by atoms with E-state index in [1.165, 1.54) is 42.5 Å². The average molecular weight is 529 g/mol. The molecule has 0 amide bonds. The van der Waals surface area contributed by atoms with Crippen molar-refractivity contribution in [2.24, 2.45) is 0 Å². The van der Waals surface area contributed by atoms with Crippen LogP contribution in [0.4, 0.5) is 8.78 Å². The van der Waals surface area contributed by atoms with E-state index < -0.39 is 35.5 Å². The highest BCUT2D eigenvalue weighted by Crippen LogP contribution is 2.48. The summed E-state index contributed by atoms with van der Waals surface area (Å²) in [6, 6.07) is 13.8. The van der Waals surface area contributed by atoms with Crippen LogP contribution in [0.3, 0.4) is 0 Å². The van der Waals surface area contributed by atoms with Crippen molar-refractivity contribution in [1.29, 1.82) is 0 Å². The molecule has 0 fully saturated rings. The van der Waals surface area contributed by atoms with Gasteiger partial charge in [-0.25, -0.2) is 18.4 Å². The van der Waals surface area contributed by atoms with Gasteiger partial charge in [0.2, 0.25) is 0 Å². The van der Waals surface area contributed by atoms with Gasteiger partial charge in [-0.1, -0.05) is 24.3 Å². The lowest BCUT2D eigenvalue weighted by Crippen LogP contribution is -2.54. The SMILES string of the molecule is CC(Cc1ccc2c(c1-c1cccc(F)c1)OC(C(=O)O)(C(=O)O)O2)NCC(O)COc1cccc(F)c1. The molecular formula is C27H25F2NO8. The van der Waals surface area contributed by atoms with Crippen LogP contribution in [0.25, 0.3) is 11.1 Å². The van der Waals surface area contributed by atoms with E-state index in [1.54, 1.807) is 18.2 Å². The number of aliphatic hydroxyl groups excluding tert-OH is 1. The van der Waals surface area contributed by atoms with Crippen LogP contribution in [-0.2, 0) is 16.0 Å². The Morgan fingerprint density at radius 3 is 2.34 bits per heavy atom. The van der Waals surface area contributed by atoms with Gasteiger partial charge in [0.1, 0.15) is 30.1 Å². The van der Waals surface area contributed by atoms with Crippen LogP contribution in [0.1, 0.15) is 12.5 Å². The van der Waals surface area contributed by atoms with Crippen LogP contribution in [0.15, 0.2) is 60.7 Å². The maximum absolute atomic E-state index is 14.1. The molecule has 0 radical (unpaired) electrons. The number of fused-ring (bicyclic) bond motifs is 1. The molecule has 1 aliphatic rings. The van der Waals surface area contributed by atoms with E-state index in [0.29, 0.717) is 17.5 Å². The van der Waals surface area contributed by atoms with Crippen molar-refractivity contribution >= 4 is 11.9 Å². The van der Waals surface area contributed by atoms with Crippen LogP contribution >= 0.6 is 0 Å². The van der Waals surface area contributed by atoms with Crippen molar-refractivity contribution in [2.75, 3.05) is 13.2 Å². The molecule has 0 saturated heterocycles. The zero-order valence-electron chi connectivity index (χ0n) is 20.2. The van der Waals surface area contributed by atoms with Crippen molar-refractivity contribution in [3.05, 3.63) is 77.9 Å². The Kier molecular flexibility index (Phi) is 7.79. The van der Waals surface area contributed by atoms with Crippen molar-refractivity contribution in [1.82, 2.24) is 5.32 Å². The van der Waals surface area contributed by atoms with Crippen molar-refractivity contribution < 1.29 is 47.9 Å². The molecule has 3 aromatic rings. The van der Waals surface area contributed by atoms with Crippen LogP contribution in [0.5, 0.6) is 17.2 Å². The molecule has 4 rings (SSSR count). The van der Waals surface area contributed by atoms with Crippen molar-refractivity contribution in [3.8, 4) is 28.4 Å². The molecule has 11 heteroatoms. The summed E-state index contributed by atoms with van der Waals surface area (Å²) in [5.74, 6) is -7.63. The Hall–Kier alpha value is -4.22. The number of aliphatic hydroxyl groups is 1. The highest BCUT2D eigenvalue weighted by molar-refractivity contribution is 6.02. The molecule has 2 unspecified atom stereocenters. The zero-order chi connectivity index (χ0) is 27.4. The molecule has 2 atom stereocenters. The normalized spacial score (nSPS) is 15.1. The third kappa shape index (κ3) is 5.68. The molecule has 4 N–H and O–H groups in total. The number of carboxylic acids is 2. The quantitative estimate of drug-likeness (QED) is 0.276. The van der Waals surface area contributed by atoms with Crippen molar-refractivity contribution in [3.63, 3.8) is 0 Å². The number of halogens is 2. The molecule has 0 bridgehead atoms. The van der Waals surface area contributed by atoms with Gasteiger partial charge < -0.3 is 34.8 Å². The number of aliphatic carboxylic acids is 2. The van der Waals surface area contributed by atoms with E-state index in [9.17, 15) is 33.7 Å². The van der Waals surface area contributed by atoms with E-state index >= 15 is 0 Å². The van der Waals surface area contributed by atoms with Gasteiger partial charge in [0.25, 0.3) is 0 Å². The van der Waals surface area contributed by atoms with E-state index in [-0.39, 0.29) is 42.0 Å². The maximum Gasteiger partial charge on any atom is 0.453 e. The lowest BCUT2D eigenvalue weighted by Gasteiger charge is -2.20. The summed E-state index contributed by atoms with van der Waals surface area (Å²) in [7, 11) is 0. The maximum atomic E-state index is 14.1. The lowest BCUT2D eigenvalue weighted by atomic mass is 9.94. The van der Waals surface area contributed by atoms with Gasteiger partial charge in [0.15, 0.2) is 11.5 Å². The standard InChI is InChI=1S/C27H25F2NO8/c1-15(30-13-20(31)14-36-21-7-3-6-19(29)12-21)10-17-8-9-22-24(23(17)16-4-2-5-18(28)11-16)38-27(37-22,25(32)33)26(34)35/h2-9,11-12,15,20,30-31H,10,13-14H2,1H3,(H,32,33)(H,34,35). The first-order chi connectivity index (χ1) is 18.1. The van der Waals surface area contributed by atoms with Gasteiger partial charge in [-0.15, -0.1) is 0 Å². The van der Waals surface area contributed by atoms with Gasteiger partial charge in [-0.05, 0) is 54.8 Å². The number of rotatable bonds is 11. The second kappa shape index (κ2) is 11.0. The molecule has 3 aromatic carbocycles. The highest BCUT2D eigenvalue weighted by atomic mass is 19.1. The van der Waals surface area contributed by atoms with Gasteiger partial charge in [-0.2, -0.15) is 0 Å². The molecule has 9 nitrogen and oxygen atoms in total. The monoisotopic (exact) mass is 529 g/mol. The van der Waals surface area contributed by atoms with Crippen LogP contribution in [0.2, 0.25) is 0 Å². The summed E-state index contributed by atoms with van der Waals surface area (Å²) >= 11 is 0. The van der Waals surface area contributed by atoms with E-state index in [1.807, 2.05) is 6.92 Å². The fraction of sp³-hybridized carbons (Fsp3) is 0.259. The Morgan fingerprint density at radius 2 is 1.68 bits per heavy atom. The van der Waals surface area contributed by atoms with E-state index in [4.69, 9.17) is 14.2 Å². The predicted octanol–water partition coefficient (Wildman–Crippen LogP) is 3.23. The number of hydrogen-bond donors (Lipinski definition) is 4. The summed E-state index contributed by atoms with van der Waals surface area (Å²) < 4.78 is 43.4. The predicted molar refractivity (Wildman–Crippen MR) is 130 cm³/mol. The fourth-order valence-electron chi connectivity index (χ4n) is 4.05. The number of ether oxygens (including phenoxy) is 3. The van der Waals surface area contributed by atoms with Crippen LogP contribution < -0.4 is 19.5 Å². The Balaban J connectivity index is 1.52. The third-order valence-electron chi connectivity index (χ3n) is 5.85. The fourth-order valence-corrected chi connectivity index (χ4v) is 4.05. The summed E-state index contributed by atoms with van der Waals surface area (Å²) in [6.45, 7) is 1.89. The Morgan fingerprint density at radius 1 is 1.00 bits per heavy atom. The average Bonchev–Trinajstić information content (AvgIpc) is 3.28. The number of carbonyl (C=O) groups is 2. The molecule has 0 aromatic heterocycles. The van der Waals surface area contributed by atoms with E-state index in [0.717, 1.165) is 0 Å². The number of carboxylic acid groups (broad SMARTS) is 2. The van der Waals surface area contributed by atoms with Gasteiger partial charge in [0, 0.05) is 24.2 Å². The number of nitrogens with one attached hydrogen (secondary N) is 1. The number of benzene rings is 3. The third-order valence-corrected chi connectivity index (χ3v) is 5.85. The lowest BCUT2D eigenvalue weighted by molar-refractivity contribution is -0.194. The van der Waals surface area contributed by atoms with Crippen LogP contribution in [0, 0.1) is 11.6 Å². The zero-order valence-corrected chi connectivity index (χ0v) is 20.2. The summed E-state index contributed by atoms with van der Waals surface area (Å²) in [5, 5.41) is 32.5. The molecule has 1 heterocycles. The summed E-state index contributed by atoms with van der Waals surface area (Å²) in [6.07, 6.45) is -0.598. The first-order valence-electron chi connectivity index (χ1n) is 11.7. The Bertz CT molecular complexity index is 1330. The first-order valence-corrected chi connectivity index (χ1v) is 11.7. The summed E-state index contributed by atoms with van der Waals surface area (Å²) in [5.41, 5.74) is 1.22. The van der Waals surface area contributed by atoms with Crippen molar-refractivity contribution in [2.45, 2.75) is 31.3 Å². The summed E-state index contributed by atoms with van der Waals surface area (Å²) in [4.78, 5) is 23.5. The van der Waals surface area contributed by atoms with Gasteiger partial charge >= 0.3 is 17.7 Å². The largest absolute Gasteiger partial charge is 0.491 e. The smallest absolute Gasteiger partial charge is 0.453 e. The molecule has 0 aliphatic carbocycles. The second-order valence-corrected chi connectivity index (χ2v) is 8.80. The van der Waals surface area contributed by atoms with E-state index in [2.05, 4.69) is 5.32 Å². The molecule has 1 aliphatic heterocycles. The van der Waals surface area contributed by atoms with Crippen LogP contribution in [-0.4, -0.2) is 58.3 Å². The molecule has 200 valence electrons.